The van der Waals surface area contributed by atoms with Crippen LogP contribution in [-0.4, -0.2) is 61.4 Å². The summed E-state index contributed by atoms with van der Waals surface area (Å²) in [6.07, 6.45) is 6.37. The van der Waals surface area contributed by atoms with Crippen LogP contribution in [0, 0.1) is 11.3 Å². The maximum atomic E-state index is 12.8. The number of aromatic amines is 1. The molecule has 1 saturated heterocycles. The fraction of sp³-hybridized carbons (Fsp3) is 0.550. The molecule has 2 fully saturated rings. The van der Waals surface area contributed by atoms with Crippen molar-refractivity contribution in [2.45, 2.75) is 39.2 Å². The number of carbonyl (C=O) groups is 1. The van der Waals surface area contributed by atoms with Gasteiger partial charge < -0.3 is 14.8 Å². The predicted octanol–water partition coefficient (Wildman–Crippen LogP) is 3.14. The fourth-order valence-electron chi connectivity index (χ4n) is 5.04. The number of carbonyl (C=O) groups excluding carboxylic acids is 1. The lowest BCUT2D eigenvalue weighted by Crippen LogP contribution is -2.37. The highest BCUT2D eigenvalue weighted by Crippen LogP contribution is 2.50. The van der Waals surface area contributed by atoms with Gasteiger partial charge in [0.25, 0.3) is 0 Å². The van der Waals surface area contributed by atoms with E-state index >= 15 is 0 Å². The van der Waals surface area contributed by atoms with Crippen molar-refractivity contribution in [3.8, 4) is 0 Å². The highest BCUT2D eigenvalue weighted by atomic mass is 32.1. The van der Waals surface area contributed by atoms with Crippen LogP contribution in [0.5, 0.6) is 0 Å². The zero-order valence-corrected chi connectivity index (χ0v) is 18.2. The Balaban J connectivity index is 1.26. The van der Waals surface area contributed by atoms with Crippen LogP contribution < -0.4 is 10.2 Å². The second kappa shape index (κ2) is 7.19. The lowest BCUT2D eigenvalue weighted by Gasteiger charge is -2.29. The zero-order valence-electron chi connectivity index (χ0n) is 17.4. The van der Waals surface area contributed by atoms with Gasteiger partial charge in [-0.25, -0.2) is 19.7 Å². The zero-order chi connectivity index (χ0) is 20.9. The Bertz CT molecular complexity index is 1080. The minimum absolute atomic E-state index is 0.0702. The van der Waals surface area contributed by atoms with Gasteiger partial charge in [0, 0.05) is 50.3 Å². The van der Waals surface area contributed by atoms with E-state index in [0.717, 1.165) is 55.0 Å². The Kier molecular flexibility index (Phi) is 4.61. The number of aryl methyl sites for hydroxylation is 1. The van der Waals surface area contributed by atoms with Gasteiger partial charge in [-0.05, 0) is 30.2 Å². The van der Waals surface area contributed by atoms with Gasteiger partial charge in [-0.3, -0.25) is 5.32 Å². The highest BCUT2D eigenvalue weighted by Gasteiger charge is 2.52. The van der Waals surface area contributed by atoms with Gasteiger partial charge in [-0.15, -0.1) is 0 Å². The third kappa shape index (κ3) is 3.19. The molecule has 0 spiro atoms. The van der Waals surface area contributed by atoms with Crippen LogP contribution in [0.4, 0.5) is 15.7 Å². The summed E-state index contributed by atoms with van der Waals surface area (Å²) < 4.78 is 4.24. The van der Waals surface area contributed by atoms with E-state index in [-0.39, 0.29) is 11.4 Å². The number of amides is 2. The molecule has 30 heavy (non-hydrogen) atoms. The summed E-state index contributed by atoms with van der Waals surface area (Å²) in [6.45, 7) is 5.85. The van der Waals surface area contributed by atoms with Gasteiger partial charge >= 0.3 is 6.03 Å². The number of fused-ring (bicyclic) bond motifs is 2. The molecule has 1 aliphatic heterocycles. The third-order valence-corrected chi connectivity index (χ3v) is 7.41. The summed E-state index contributed by atoms with van der Waals surface area (Å²) in [4.78, 5) is 33.3. The monoisotopic (exact) mass is 426 g/mol. The van der Waals surface area contributed by atoms with Crippen LogP contribution in [0.25, 0.3) is 11.0 Å². The molecule has 0 bridgehead atoms. The van der Waals surface area contributed by atoms with E-state index in [1.54, 1.807) is 6.33 Å². The molecule has 3 aromatic heterocycles. The third-order valence-electron chi connectivity index (χ3n) is 6.74. The van der Waals surface area contributed by atoms with Gasteiger partial charge in [0.05, 0.1) is 5.39 Å². The number of anilines is 2. The summed E-state index contributed by atoms with van der Waals surface area (Å²) in [7, 11) is 2.12. The SMILES string of the molecule is CCc1nsc(NC(=O)N2C[C@@H]3C[C@@H](N(C)c4ncnc5[nH]ccc45)C[C@]3(C)C2)n1. The average molecular weight is 427 g/mol. The molecule has 3 atom stereocenters. The van der Waals surface area contributed by atoms with E-state index in [1.807, 2.05) is 24.1 Å². The molecule has 2 aliphatic rings. The van der Waals surface area contributed by atoms with Crippen LogP contribution in [0.2, 0.25) is 0 Å². The number of hydrogen-bond acceptors (Lipinski definition) is 7. The van der Waals surface area contributed by atoms with E-state index in [1.165, 1.54) is 11.5 Å². The largest absolute Gasteiger partial charge is 0.356 e. The normalized spacial score (nSPS) is 25.6. The molecule has 2 amide bonds. The first-order valence-electron chi connectivity index (χ1n) is 10.4. The van der Waals surface area contributed by atoms with Crippen LogP contribution in [-0.2, 0) is 6.42 Å². The van der Waals surface area contributed by atoms with Crippen molar-refractivity contribution < 1.29 is 4.79 Å². The van der Waals surface area contributed by atoms with Gasteiger partial charge in [-0.1, -0.05) is 13.8 Å². The molecule has 158 valence electrons. The molecular weight excluding hydrogens is 400 g/mol. The van der Waals surface area contributed by atoms with Crippen molar-refractivity contribution in [2.75, 3.05) is 30.4 Å². The van der Waals surface area contributed by atoms with Crippen molar-refractivity contribution >= 4 is 39.5 Å². The number of rotatable bonds is 4. The minimum Gasteiger partial charge on any atom is -0.356 e. The first-order chi connectivity index (χ1) is 14.5. The molecule has 2 N–H and O–H groups in total. The summed E-state index contributed by atoms with van der Waals surface area (Å²) >= 11 is 1.24. The molecule has 10 heteroatoms. The summed E-state index contributed by atoms with van der Waals surface area (Å²) in [5.74, 6) is 2.21. The van der Waals surface area contributed by atoms with Crippen molar-refractivity contribution in [1.82, 2.24) is 29.2 Å². The highest BCUT2D eigenvalue weighted by molar-refractivity contribution is 7.09. The fourth-order valence-corrected chi connectivity index (χ4v) is 5.68. The number of aromatic nitrogens is 5. The van der Waals surface area contributed by atoms with Gasteiger partial charge in [0.15, 0.2) is 0 Å². The quantitative estimate of drug-likeness (QED) is 0.664. The average Bonchev–Trinajstić information content (AvgIpc) is 3.48. The minimum atomic E-state index is -0.0702. The van der Waals surface area contributed by atoms with Crippen molar-refractivity contribution in [3.63, 3.8) is 0 Å². The van der Waals surface area contributed by atoms with Crippen LogP contribution >= 0.6 is 11.5 Å². The maximum absolute atomic E-state index is 12.8. The van der Waals surface area contributed by atoms with Crippen molar-refractivity contribution in [2.24, 2.45) is 11.3 Å². The molecular formula is C20H26N8OS. The molecule has 4 heterocycles. The standard InChI is InChI=1S/C20H26N8OS/c1-4-15-24-18(30-26-15)25-19(29)28-9-12-7-13(8-20(12,2)10-28)27(3)17-14-5-6-21-16(14)22-11-23-17/h5-6,11-13H,4,7-10H2,1-3H3,(H,21,22,23)(H,24,25,26,29)/t12-,13+,20+/m0/s1. The lowest BCUT2D eigenvalue weighted by molar-refractivity contribution is 0.213. The van der Waals surface area contributed by atoms with E-state index in [4.69, 9.17) is 0 Å². The molecule has 0 unspecified atom stereocenters. The molecule has 3 aromatic rings. The molecule has 1 saturated carbocycles. The summed E-state index contributed by atoms with van der Waals surface area (Å²) in [5, 5.41) is 4.55. The number of likely N-dealkylation sites (tertiary alicyclic amines) is 1. The number of hydrogen-bond donors (Lipinski definition) is 2. The molecule has 5 rings (SSSR count). The van der Waals surface area contributed by atoms with Gasteiger partial charge in [0.1, 0.15) is 23.6 Å². The van der Waals surface area contributed by atoms with E-state index in [9.17, 15) is 4.79 Å². The number of urea groups is 1. The Morgan fingerprint density at radius 1 is 1.47 bits per heavy atom. The lowest BCUT2D eigenvalue weighted by atomic mass is 9.83. The number of nitrogens with zero attached hydrogens (tertiary/aromatic N) is 6. The van der Waals surface area contributed by atoms with Gasteiger partial charge in [-0.2, -0.15) is 4.37 Å². The number of nitrogens with one attached hydrogen (secondary N) is 2. The van der Waals surface area contributed by atoms with E-state index in [2.05, 4.69) is 48.5 Å². The first-order valence-corrected chi connectivity index (χ1v) is 11.1. The molecule has 1 aliphatic carbocycles. The second-order valence-electron chi connectivity index (χ2n) is 8.67. The smallest absolute Gasteiger partial charge is 0.323 e. The Morgan fingerprint density at radius 3 is 3.10 bits per heavy atom. The molecule has 0 aromatic carbocycles. The summed E-state index contributed by atoms with van der Waals surface area (Å²) in [5.41, 5.74) is 0.970. The second-order valence-corrected chi connectivity index (χ2v) is 9.42. The molecule has 0 radical (unpaired) electrons. The van der Waals surface area contributed by atoms with Crippen LogP contribution in [0.15, 0.2) is 18.6 Å². The van der Waals surface area contributed by atoms with Crippen LogP contribution in [0.3, 0.4) is 0 Å². The number of H-pyrrole nitrogens is 1. The van der Waals surface area contributed by atoms with Crippen molar-refractivity contribution in [1.29, 1.82) is 0 Å². The predicted molar refractivity (Wildman–Crippen MR) is 117 cm³/mol. The topological polar surface area (TPSA) is 103 Å². The van der Waals surface area contributed by atoms with Crippen LogP contribution in [0.1, 0.15) is 32.5 Å². The molecule has 9 nitrogen and oxygen atoms in total. The summed E-state index contributed by atoms with van der Waals surface area (Å²) in [6, 6.07) is 2.36. The van der Waals surface area contributed by atoms with Gasteiger partial charge in [0.2, 0.25) is 5.13 Å². The Morgan fingerprint density at radius 2 is 2.33 bits per heavy atom. The maximum Gasteiger partial charge on any atom is 0.323 e. The Hall–Kier alpha value is -2.75. The van der Waals surface area contributed by atoms with Crippen molar-refractivity contribution in [3.05, 3.63) is 24.4 Å². The Labute approximate surface area is 179 Å². The van der Waals surface area contributed by atoms with E-state index < -0.39 is 0 Å². The van der Waals surface area contributed by atoms with E-state index in [0.29, 0.717) is 17.1 Å². The first kappa shape index (κ1) is 19.2.